The van der Waals surface area contributed by atoms with E-state index in [1.807, 2.05) is 0 Å². The van der Waals surface area contributed by atoms with Gasteiger partial charge in [-0.05, 0) is 35.0 Å². The number of hydrogen-bond donors (Lipinski definition) is 1. The maximum Gasteiger partial charge on any atom is 0.311 e. The van der Waals surface area contributed by atoms with E-state index in [9.17, 15) is 9.59 Å². The van der Waals surface area contributed by atoms with Crippen LogP contribution in [0.4, 0.5) is 0 Å². The maximum atomic E-state index is 12.5. The molecular weight excluding hydrogens is 342 g/mol. The van der Waals surface area contributed by atoms with Crippen LogP contribution < -0.4 is 0 Å². The van der Waals surface area contributed by atoms with Crippen LogP contribution in [0.5, 0.6) is 0 Å². The number of halogens is 1. The second-order valence-corrected chi connectivity index (χ2v) is 5.44. The summed E-state index contributed by atoms with van der Waals surface area (Å²) in [5.74, 6) is -0.558. The quantitative estimate of drug-likeness (QED) is 0.891. The monoisotopic (exact) mass is 355 g/mol. The van der Waals surface area contributed by atoms with Crippen molar-refractivity contribution in [1.82, 2.24) is 4.90 Å². The van der Waals surface area contributed by atoms with Gasteiger partial charge in [-0.15, -0.1) is 0 Å². The van der Waals surface area contributed by atoms with Crippen molar-refractivity contribution >= 4 is 27.8 Å². The molecule has 0 spiro atoms. The largest absolute Gasteiger partial charge is 0.481 e. The van der Waals surface area contributed by atoms with Gasteiger partial charge in [0.15, 0.2) is 4.67 Å². The standard InChI is InChI=1S/C14H14BrNO5/c1-8-7-20-10(5-12(17)18)13(8)14(19)16(2)6-9-3-4-11(15)21-9/h3-4,7H,5-6H2,1-2H3,(H,17,18). The van der Waals surface area contributed by atoms with Gasteiger partial charge in [0.25, 0.3) is 5.91 Å². The number of carbonyl (C=O) groups is 2. The Morgan fingerprint density at radius 1 is 1.38 bits per heavy atom. The molecule has 0 aliphatic heterocycles. The summed E-state index contributed by atoms with van der Waals surface area (Å²) in [5.41, 5.74) is 0.911. The van der Waals surface area contributed by atoms with Crippen molar-refractivity contribution in [1.29, 1.82) is 0 Å². The first-order chi connectivity index (χ1) is 9.88. The number of aryl methyl sites for hydroxylation is 1. The summed E-state index contributed by atoms with van der Waals surface area (Å²) in [4.78, 5) is 24.7. The van der Waals surface area contributed by atoms with Gasteiger partial charge >= 0.3 is 5.97 Å². The van der Waals surface area contributed by atoms with Crippen LogP contribution in [0.15, 0.2) is 31.9 Å². The lowest BCUT2D eigenvalue weighted by Crippen LogP contribution is -2.27. The molecule has 2 aromatic rings. The third-order valence-electron chi connectivity index (χ3n) is 2.95. The van der Waals surface area contributed by atoms with Gasteiger partial charge in [0.2, 0.25) is 0 Å². The number of amides is 1. The lowest BCUT2D eigenvalue weighted by molar-refractivity contribution is -0.136. The van der Waals surface area contributed by atoms with Crippen LogP contribution in [0.1, 0.15) is 27.4 Å². The highest BCUT2D eigenvalue weighted by Crippen LogP contribution is 2.21. The van der Waals surface area contributed by atoms with Gasteiger partial charge in [0, 0.05) is 12.6 Å². The fraction of sp³-hybridized carbons (Fsp3) is 0.286. The molecule has 0 aliphatic rings. The normalized spacial score (nSPS) is 10.6. The number of nitrogens with zero attached hydrogens (tertiary/aromatic N) is 1. The van der Waals surface area contributed by atoms with E-state index in [2.05, 4.69) is 15.9 Å². The van der Waals surface area contributed by atoms with Gasteiger partial charge < -0.3 is 18.8 Å². The molecule has 0 fully saturated rings. The Kier molecular flexibility index (Phi) is 4.52. The SMILES string of the molecule is Cc1coc(CC(=O)O)c1C(=O)N(C)Cc1ccc(Br)o1. The molecule has 0 radical (unpaired) electrons. The summed E-state index contributed by atoms with van der Waals surface area (Å²) in [7, 11) is 1.62. The molecule has 1 N–H and O–H groups in total. The van der Waals surface area contributed by atoms with Crippen molar-refractivity contribution in [3.63, 3.8) is 0 Å². The first-order valence-electron chi connectivity index (χ1n) is 6.17. The maximum absolute atomic E-state index is 12.5. The van der Waals surface area contributed by atoms with E-state index < -0.39 is 5.97 Å². The van der Waals surface area contributed by atoms with Crippen LogP contribution in [0, 0.1) is 6.92 Å². The molecule has 0 saturated heterocycles. The number of rotatable bonds is 5. The van der Waals surface area contributed by atoms with E-state index in [0.29, 0.717) is 21.6 Å². The van der Waals surface area contributed by atoms with Crippen molar-refractivity contribution in [3.05, 3.63) is 45.7 Å². The minimum absolute atomic E-state index is 0.164. The highest BCUT2D eigenvalue weighted by Gasteiger charge is 2.23. The molecule has 0 bridgehead atoms. The van der Waals surface area contributed by atoms with Gasteiger partial charge in [-0.2, -0.15) is 0 Å². The Labute approximate surface area is 129 Å². The second kappa shape index (κ2) is 6.17. The van der Waals surface area contributed by atoms with Crippen LogP contribution in [0.3, 0.4) is 0 Å². The van der Waals surface area contributed by atoms with E-state index in [1.54, 1.807) is 26.1 Å². The van der Waals surface area contributed by atoms with Crippen LogP contribution in [-0.2, 0) is 17.8 Å². The van der Waals surface area contributed by atoms with Crippen LogP contribution in [0.2, 0.25) is 0 Å². The third kappa shape index (κ3) is 3.55. The number of hydrogen-bond acceptors (Lipinski definition) is 4. The minimum atomic E-state index is -1.05. The zero-order valence-electron chi connectivity index (χ0n) is 11.6. The van der Waals surface area contributed by atoms with Gasteiger partial charge in [-0.1, -0.05) is 0 Å². The molecule has 0 atom stereocenters. The molecule has 0 saturated carbocycles. The summed E-state index contributed by atoms with van der Waals surface area (Å²) >= 11 is 3.20. The molecular formula is C14H14BrNO5. The summed E-state index contributed by atoms with van der Waals surface area (Å²) in [6.45, 7) is 1.99. The lowest BCUT2D eigenvalue weighted by atomic mass is 10.1. The van der Waals surface area contributed by atoms with E-state index >= 15 is 0 Å². The number of carbonyl (C=O) groups excluding carboxylic acids is 1. The number of carboxylic acid groups (broad SMARTS) is 1. The molecule has 1 amide bonds. The summed E-state index contributed by atoms with van der Waals surface area (Å²) < 4.78 is 11.1. The first kappa shape index (κ1) is 15.4. The molecule has 112 valence electrons. The topological polar surface area (TPSA) is 83.9 Å². The smallest absolute Gasteiger partial charge is 0.311 e. The Balaban J connectivity index is 2.19. The molecule has 2 rings (SSSR count). The van der Waals surface area contributed by atoms with Crippen molar-refractivity contribution in [3.8, 4) is 0 Å². The average Bonchev–Trinajstić information content (AvgIpc) is 2.95. The van der Waals surface area contributed by atoms with E-state index in [0.717, 1.165) is 0 Å². The minimum Gasteiger partial charge on any atom is -0.481 e. The Hall–Kier alpha value is -2.02. The molecule has 7 heteroatoms. The summed E-state index contributed by atoms with van der Waals surface area (Å²) in [6, 6.07) is 3.50. The fourth-order valence-corrected chi connectivity index (χ4v) is 2.33. The van der Waals surface area contributed by atoms with Crippen molar-refractivity contribution in [2.75, 3.05) is 7.05 Å². The first-order valence-corrected chi connectivity index (χ1v) is 6.96. The van der Waals surface area contributed by atoms with E-state index in [-0.39, 0.29) is 24.6 Å². The van der Waals surface area contributed by atoms with Crippen LogP contribution >= 0.6 is 15.9 Å². The molecule has 0 unspecified atom stereocenters. The highest BCUT2D eigenvalue weighted by atomic mass is 79.9. The van der Waals surface area contributed by atoms with Crippen molar-refractivity contribution in [2.24, 2.45) is 0 Å². The number of aliphatic carboxylic acids is 1. The highest BCUT2D eigenvalue weighted by molar-refractivity contribution is 9.10. The average molecular weight is 356 g/mol. The van der Waals surface area contributed by atoms with Crippen molar-refractivity contribution in [2.45, 2.75) is 19.9 Å². The molecule has 2 aromatic heterocycles. The Bertz CT molecular complexity index is 673. The zero-order valence-corrected chi connectivity index (χ0v) is 13.1. The molecule has 6 nitrogen and oxygen atoms in total. The van der Waals surface area contributed by atoms with E-state index in [1.165, 1.54) is 11.2 Å². The Morgan fingerprint density at radius 2 is 2.10 bits per heavy atom. The van der Waals surface area contributed by atoms with E-state index in [4.69, 9.17) is 13.9 Å². The third-order valence-corrected chi connectivity index (χ3v) is 3.37. The predicted molar refractivity (Wildman–Crippen MR) is 77.0 cm³/mol. The van der Waals surface area contributed by atoms with Gasteiger partial charge in [0.05, 0.1) is 18.4 Å². The Morgan fingerprint density at radius 3 is 2.67 bits per heavy atom. The van der Waals surface area contributed by atoms with Crippen LogP contribution in [0.25, 0.3) is 0 Å². The predicted octanol–water partition coefficient (Wildman–Crippen LogP) is 2.84. The molecule has 21 heavy (non-hydrogen) atoms. The summed E-state index contributed by atoms with van der Waals surface area (Å²) in [6.07, 6.45) is 1.07. The van der Waals surface area contributed by atoms with Gasteiger partial charge in [-0.3, -0.25) is 9.59 Å². The number of furan rings is 2. The molecule has 2 heterocycles. The van der Waals surface area contributed by atoms with Crippen molar-refractivity contribution < 1.29 is 23.5 Å². The fourth-order valence-electron chi connectivity index (χ4n) is 1.99. The van der Waals surface area contributed by atoms with Gasteiger partial charge in [0.1, 0.15) is 17.9 Å². The summed E-state index contributed by atoms with van der Waals surface area (Å²) in [5, 5.41) is 8.85. The second-order valence-electron chi connectivity index (χ2n) is 4.65. The lowest BCUT2D eigenvalue weighted by Gasteiger charge is -2.16. The zero-order chi connectivity index (χ0) is 15.6. The van der Waals surface area contributed by atoms with Gasteiger partial charge in [-0.25, -0.2) is 0 Å². The molecule has 0 aromatic carbocycles. The van der Waals surface area contributed by atoms with Crippen LogP contribution in [-0.4, -0.2) is 28.9 Å². The molecule has 0 aliphatic carbocycles. The number of carboxylic acids is 1.